The quantitative estimate of drug-likeness (QED) is 0.326. The molecule has 2 saturated heterocycles. The van der Waals surface area contributed by atoms with E-state index < -0.39 is 47.9 Å². The number of rotatable bonds is 6. The Morgan fingerprint density at radius 3 is 2.33 bits per heavy atom. The zero-order valence-corrected chi connectivity index (χ0v) is 26.0. The van der Waals surface area contributed by atoms with Crippen LogP contribution in [-0.2, 0) is 28.6 Å². The molecule has 0 amide bonds. The number of aliphatic hydroxyl groups excluding tert-OH is 1. The van der Waals surface area contributed by atoms with E-state index in [1.54, 1.807) is 0 Å². The molecule has 2 unspecified atom stereocenters. The van der Waals surface area contributed by atoms with Crippen LogP contribution in [0.3, 0.4) is 0 Å². The number of aliphatic hydroxyl groups is 2. The van der Waals surface area contributed by atoms with Crippen molar-refractivity contribution in [2.75, 3.05) is 6.61 Å². The summed E-state index contributed by atoms with van der Waals surface area (Å²) in [5.41, 5.74) is -2.78. The third-order valence-electron chi connectivity index (χ3n) is 13.7. The molecule has 242 valence electrons. The van der Waals surface area contributed by atoms with E-state index in [0.29, 0.717) is 54.3 Å². The van der Waals surface area contributed by atoms with Crippen molar-refractivity contribution in [2.45, 2.75) is 128 Å². The fraction of sp³-hybridized carbons (Fsp3) is 0.909. The largest absolute Gasteiger partial charge is 0.479 e. The summed E-state index contributed by atoms with van der Waals surface area (Å²) in [6.45, 7) is 10.4. The third kappa shape index (κ3) is 4.76. The molecule has 43 heavy (non-hydrogen) atoms. The van der Waals surface area contributed by atoms with Gasteiger partial charge in [0, 0.05) is 12.3 Å². The minimum absolute atomic E-state index is 0.127. The molecule has 4 aliphatic carbocycles. The maximum absolute atomic E-state index is 12.7. The lowest BCUT2D eigenvalue weighted by molar-refractivity contribution is -0.273. The number of carbonyl (C=O) groups is 3. The standard InChI is InChI=1S/C33H50O10/c1-17-7-12-33(41-16-17)18(2)26-24(43-33)14-23-21-6-5-19-13-20(8-10-30(19,3)22(21)9-11-31(23,26)4)42-25(34)15-32(40,29(38)39)27(35)28(36)37/h17-24,26-27,35,40H,5-16H2,1-4H3,(H,36,37)(H,38,39)/t17-,18+,19+,20+,21-,22+,23+,24+,26+,27?,30+,31+,32?,33-/m1/s1. The van der Waals surface area contributed by atoms with Gasteiger partial charge in [0.1, 0.15) is 6.10 Å². The normalized spacial score (nSPS) is 49.1. The van der Waals surface area contributed by atoms with E-state index in [1.165, 1.54) is 12.8 Å². The van der Waals surface area contributed by atoms with Crippen LogP contribution >= 0.6 is 0 Å². The number of carboxylic acid groups (broad SMARTS) is 2. The van der Waals surface area contributed by atoms with Crippen LogP contribution in [0, 0.1) is 52.3 Å². The monoisotopic (exact) mass is 606 g/mol. The van der Waals surface area contributed by atoms with Crippen LogP contribution in [0.15, 0.2) is 0 Å². The van der Waals surface area contributed by atoms with Crippen LogP contribution in [0.25, 0.3) is 0 Å². The SMILES string of the molecule is C[C@@H]1CC[C@@]2(OC1)O[C@H]1C[C@H]3[C@@H]4CC[C@H]5C[C@@H](OC(=O)CC(O)(C(=O)O)C(O)C(=O)O)CC[C@]5(C)[C@H]4CC[C@]3(C)[C@H]1[C@@H]2C. The number of esters is 1. The summed E-state index contributed by atoms with van der Waals surface area (Å²) in [7, 11) is 0. The zero-order valence-electron chi connectivity index (χ0n) is 26.0. The summed E-state index contributed by atoms with van der Waals surface area (Å²) < 4.78 is 19.0. The summed E-state index contributed by atoms with van der Waals surface area (Å²) >= 11 is 0. The number of fused-ring (bicyclic) bond motifs is 7. The van der Waals surface area contributed by atoms with Crippen molar-refractivity contribution in [1.29, 1.82) is 0 Å². The number of carbonyl (C=O) groups excluding carboxylic acids is 1. The highest BCUT2D eigenvalue weighted by atomic mass is 16.7. The van der Waals surface area contributed by atoms with Crippen molar-refractivity contribution in [3.05, 3.63) is 0 Å². The minimum Gasteiger partial charge on any atom is -0.479 e. The highest BCUT2D eigenvalue weighted by Crippen LogP contribution is 2.71. The van der Waals surface area contributed by atoms with Crippen molar-refractivity contribution >= 4 is 17.9 Å². The highest BCUT2D eigenvalue weighted by Gasteiger charge is 2.69. The first kappa shape index (κ1) is 31.2. The van der Waals surface area contributed by atoms with Gasteiger partial charge in [0.25, 0.3) is 0 Å². The molecular formula is C33H50O10. The van der Waals surface area contributed by atoms with Gasteiger partial charge in [0.05, 0.1) is 19.1 Å². The van der Waals surface area contributed by atoms with Crippen LogP contribution in [0.4, 0.5) is 0 Å². The lowest BCUT2D eigenvalue weighted by Crippen LogP contribution is -2.56. The van der Waals surface area contributed by atoms with E-state index >= 15 is 0 Å². The second-order valence-electron chi connectivity index (χ2n) is 15.7. The van der Waals surface area contributed by atoms with E-state index in [1.807, 2.05) is 0 Å². The van der Waals surface area contributed by atoms with E-state index in [-0.39, 0.29) is 16.9 Å². The molecule has 0 aromatic rings. The number of ether oxygens (including phenoxy) is 3. The predicted molar refractivity (Wildman–Crippen MR) is 152 cm³/mol. The number of hydrogen-bond donors (Lipinski definition) is 4. The Labute approximate surface area is 253 Å². The fourth-order valence-corrected chi connectivity index (χ4v) is 11.3. The third-order valence-corrected chi connectivity index (χ3v) is 13.7. The topological polar surface area (TPSA) is 160 Å². The first-order chi connectivity index (χ1) is 20.1. The molecule has 6 aliphatic rings. The number of aliphatic carboxylic acids is 2. The molecule has 6 fully saturated rings. The summed E-state index contributed by atoms with van der Waals surface area (Å²) in [5, 5.41) is 38.4. The predicted octanol–water partition coefficient (Wildman–Crippen LogP) is 4.00. The van der Waals surface area contributed by atoms with Crippen LogP contribution in [0.5, 0.6) is 0 Å². The molecule has 4 N–H and O–H groups in total. The Morgan fingerprint density at radius 2 is 1.67 bits per heavy atom. The summed E-state index contributed by atoms with van der Waals surface area (Å²) in [4.78, 5) is 35.3. The van der Waals surface area contributed by atoms with Gasteiger partial charge in [-0.3, -0.25) is 4.79 Å². The summed E-state index contributed by atoms with van der Waals surface area (Å²) in [6.07, 6.45) is 6.12. The average molecular weight is 607 g/mol. The molecule has 14 atom stereocenters. The Kier molecular flexibility index (Phi) is 7.75. The van der Waals surface area contributed by atoms with Crippen LogP contribution in [0.2, 0.25) is 0 Å². The second-order valence-corrected chi connectivity index (χ2v) is 15.7. The molecule has 0 bridgehead atoms. The average Bonchev–Trinajstić information content (AvgIpc) is 3.39. The summed E-state index contributed by atoms with van der Waals surface area (Å²) in [6, 6.07) is 0. The van der Waals surface area contributed by atoms with Gasteiger partial charge in [0.15, 0.2) is 11.9 Å². The van der Waals surface area contributed by atoms with Crippen molar-refractivity contribution in [1.82, 2.24) is 0 Å². The van der Waals surface area contributed by atoms with E-state index in [2.05, 4.69) is 27.7 Å². The lowest BCUT2D eigenvalue weighted by atomic mass is 9.44. The molecule has 0 aromatic heterocycles. The maximum Gasteiger partial charge on any atom is 0.339 e. The van der Waals surface area contributed by atoms with Gasteiger partial charge < -0.3 is 34.6 Å². The smallest absolute Gasteiger partial charge is 0.339 e. The Morgan fingerprint density at radius 1 is 0.953 bits per heavy atom. The second kappa shape index (κ2) is 10.7. The Balaban J connectivity index is 1.10. The molecule has 10 heteroatoms. The molecule has 0 radical (unpaired) electrons. The van der Waals surface area contributed by atoms with Gasteiger partial charge in [-0.2, -0.15) is 0 Å². The Bertz CT molecular complexity index is 1130. The van der Waals surface area contributed by atoms with Crippen LogP contribution in [-0.4, -0.2) is 74.6 Å². The minimum atomic E-state index is -3.15. The van der Waals surface area contributed by atoms with Gasteiger partial charge in [-0.05, 0) is 104 Å². The van der Waals surface area contributed by atoms with Gasteiger partial charge in [-0.1, -0.05) is 27.7 Å². The van der Waals surface area contributed by atoms with Gasteiger partial charge in [-0.25, -0.2) is 9.59 Å². The zero-order chi connectivity index (χ0) is 31.1. The first-order valence-electron chi connectivity index (χ1n) is 16.5. The molecule has 4 saturated carbocycles. The van der Waals surface area contributed by atoms with Gasteiger partial charge in [0.2, 0.25) is 5.60 Å². The highest BCUT2D eigenvalue weighted by molar-refractivity contribution is 5.91. The van der Waals surface area contributed by atoms with Gasteiger partial charge >= 0.3 is 17.9 Å². The fourth-order valence-electron chi connectivity index (χ4n) is 11.3. The van der Waals surface area contributed by atoms with Crippen molar-refractivity contribution in [3.63, 3.8) is 0 Å². The van der Waals surface area contributed by atoms with Crippen molar-refractivity contribution < 1.29 is 49.0 Å². The maximum atomic E-state index is 12.7. The molecule has 10 nitrogen and oxygen atoms in total. The lowest BCUT2D eigenvalue weighted by Gasteiger charge is -2.61. The van der Waals surface area contributed by atoms with E-state index in [4.69, 9.17) is 19.3 Å². The molecule has 1 spiro atoms. The van der Waals surface area contributed by atoms with E-state index in [0.717, 1.165) is 45.1 Å². The molecule has 0 aromatic carbocycles. The molecule has 2 aliphatic heterocycles. The van der Waals surface area contributed by atoms with Gasteiger partial charge in [-0.15, -0.1) is 0 Å². The first-order valence-corrected chi connectivity index (χ1v) is 16.5. The summed E-state index contributed by atoms with van der Waals surface area (Å²) in [5.74, 6) is -1.57. The van der Waals surface area contributed by atoms with Crippen LogP contribution in [0.1, 0.15) is 98.3 Å². The van der Waals surface area contributed by atoms with Crippen molar-refractivity contribution in [3.8, 4) is 0 Å². The molecular weight excluding hydrogens is 556 g/mol. The van der Waals surface area contributed by atoms with E-state index in [9.17, 15) is 29.7 Å². The number of hydrogen-bond acceptors (Lipinski definition) is 8. The van der Waals surface area contributed by atoms with Crippen LogP contribution < -0.4 is 0 Å². The molecule has 6 rings (SSSR count). The van der Waals surface area contributed by atoms with Crippen molar-refractivity contribution in [2.24, 2.45) is 52.3 Å². The number of carboxylic acids is 2. The molecule has 2 heterocycles. The Hall–Kier alpha value is -1.75.